The molecule has 3 unspecified atom stereocenters. The van der Waals surface area contributed by atoms with E-state index >= 15 is 0 Å². The van der Waals surface area contributed by atoms with Crippen molar-refractivity contribution >= 4 is 11.6 Å². The van der Waals surface area contributed by atoms with Crippen molar-refractivity contribution in [3.05, 3.63) is 18.2 Å². The molecule has 1 aromatic carbocycles. The molecule has 3 atom stereocenters. The van der Waals surface area contributed by atoms with E-state index in [9.17, 15) is 0 Å². The summed E-state index contributed by atoms with van der Waals surface area (Å²) >= 11 is 0. The topological polar surface area (TPSA) is 68.9 Å². The van der Waals surface area contributed by atoms with Crippen molar-refractivity contribution in [1.29, 1.82) is 0 Å². The van der Waals surface area contributed by atoms with Gasteiger partial charge in [-0.15, -0.1) is 0 Å². The van der Waals surface area contributed by atoms with Crippen LogP contribution in [0.3, 0.4) is 0 Å². The van der Waals surface area contributed by atoms with Crippen molar-refractivity contribution in [2.45, 2.75) is 32.1 Å². The smallest absolute Gasteiger partial charge is 0.193 e. The zero-order valence-corrected chi connectivity index (χ0v) is 14.0. The molecule has 0 radical (unpaired) electrons. The highest BCUT2D eigenvalue weighted by Crippen LogP contribution is 2.49. The van der Waals surface area contributed by atoms with Gasteiger partial charge in [0, 0.05) is 18.3 Å². The van der Waals surface area contributed by atoms with Gasteiger partial charge in [0.2, 0.25) is 0 Å². The lowest BCUT2D eigenvalue weighted by molar-refractivity contribution is 0.318. The molecule has 0 spiro atoms. The Kier molecular flexibility index (Phi) is 4.94. The largest absolute Gasteiger partial charge is 0.493 e. The van der Waals surface area contributed by atoms with Crippen LogP contribution in [0.1, 0.15) is 32.1 Å². The molecule has 0 aliphatic heterocycles. The van der Waals surface area contributed by atoms with E-state index in [0.29, 0.717) is 17.5 Å². The highest BCUT2D eigenvalue weighted by Gasteiger charge is 2.38. The summed E-state index contributed by atoms with van der Waals surface area (Å²) in [6.45, 7) is 0.806. The van der Waals surface area contributed by atoms with Gasteiger partial charge in [-0.25, -0.2) is 0 Å². The molecule has 0 saturated heterocycles. The second kappa shape index (κ2) is 7.11. The van der Waals surface area contributed by atoms with Gasteiger partial charge in [-0.05, 0) is 55.6 Å². The highest BCUT2D eigenvalue weighted by molar-refractivity contribution is 5.92. The van der Waals surface area contributed by atoms with Crippen LogP contribution in [0.2, 0.25) is 0 Å². The predicted molar refractivity (Wildman–Crippen MR) is 93.2 cm³/mol. The molecule has 2 bridgehead atoms. The number of ether oxygens (including phenoxy) is 2. The molecule has 2 aliphatic carbocycles. The maximum absolute atomic E-state index is 6.00. The van der Waals surface area contributed by atoms with Gasteiger partial charge in [-0.2, -0.15) is 0 Å². The molecule has 0 amide bonds. The number of guanidine groups is 1. The minimum atomic E-state index is 0.459. The van der Waals surface area contributed by atoms with Crippen molar-refractivity contribution < 1.29 is 9.47 Å². The molecule has 0 aromatic heterocycles. The van der Waals surface area contributed by atoms with Crippen LogP contribution in [0.15, 0.2) is 23.2 Å². The summed E-state index contributed by atoms with van der Waals surface area (Å²) in [5, 5.41) is 3.12. The summed E-state index contributed by atoms with van der Waals surface area (Å²) < 4.78 is 10.5. The fraction of sp³-hybridized carbons (Fsp3) is 0.611. The van der Waals surface area contributed by atoms with Crippen molar-refractivity contribution in [1.82, 2.24) is 0 Å². The lowest BCUT2D eigenvalue weighted by atomic mass is 9.86. The first-order chi connectivity index (χ1) is 11.2. The lowest BCUT2D eigenvalue weighted by Crippen LogP contribution is -2.23. The summed E-state index contributed by atoms with van der Waals surface area (Å²) in [5.41, 5.74) is 6.85. The van der Waals surface area contributed by atoms with E-state index in [1.165, 1.54) is 25.7 Å². The molecule has 23 heavy (non-hydrogen) atoms. The second-order valence-electron chi connectivity index (χ2n) is 6.69. The van der Waals surface area contributed by atoms with Gasteiger partial charge in [0.25, 0.3) is 0 Å². The summed E-state index contributed by atoms with van der Waals surface area (Å²) in [6, 6.07) is 5.61. The average Bonchev–Trinajstić information content (AvgIpc) is 3.17. The SMILES string of the molecule is COc1ccc(NC(N)=NCCC2CC3CCC2C3)cc1OC. The van der Waals surface area contributed by atoms with E-state index < -0.39 is 0 Å². The van der Waals surface area contributed by atoms with E-state index in [1.807, 2.05) is 18.2 Å². The number of fused-ring (bicyclic) bond motifs is 2. The molecular weight excluding hydrogens is 290 g/mol. The van der Waals surface area contributed by atoms with Crippen LogP contribution in [-0.2, 0) is 0 Å². The number of methoxy groups -OCH3 is 2. The Morgan fingerprint density at radius 2 is 2.04 bits per heavy atom. The Labute approximate surface area is 138 Å². The second-order valence-corrected chi connectivity index (χ2v) is 6.69. The molecule has 5 heteroatoms. The minimum Gasteiger partial charge on any atom is -0.493 e. The number of hydrogen-bond acceptors (Lipinski definition) is 3. The normalized spacial score (nSPS) is 26.3. The molecular formula is C18H27N3O2. The molecule has 2 aliphatic rings. The van der Waals surface area contributed by atoms with Gasteiger partial charge in [0.15, 0.2) is 17.5 Å². The van der Waals surface area contributed by atoms with Crippen LogP contribution in [0.25, 0.3) is 0 Å². The molecule has 3 rings (SSSR count). The fourth-order valence-corrected chi connectivity index (χ4v) is 4.18. The van der Waals surface area contributed by atoms with E-state index in [2.05, 4.69) is 10.3 Å². The Hall–Kier alpha value is -1.91. The number of nitrogens with two attached hydrogens (primary N) is 1. The summed E-state index contributed by atoms with van der Waals surface area (Å²) in [5.74, 6) is 4.65. The van der Waals surface area contributed by atoms with Crippen molar-refractivity contribution in [3.8, 4) is 11.5 Å². The van der Waals surface area contributed by atoms with Crippen molar-refractivity contribution in [2.24, 2.45) is 28.5 Å². The Morgan fingerprint density at radius 1 is 1.22 bits per heavy atom. The van der Waals surface area contributed by atoms with E-state index in [0.717, 1.165) is 36.4 Å². The third-order valence-electron chi connectivity index (χ3n) is 5.32. The summed E-state index contributed by atoms with van der Waals surface area (Å²) in [7, 11) is 3.24. The van der Waals surface area contributed by atoms with Gasteiger partial charge in [0.1, 0.15) is 0 Å². The highest BCUT2D eigenvalue weighted by atomic mass is 16.5. The summed E-state index contributed by atoms with van der Waals surface area (Å²) in [6.07, 6.45) is 6.90. The Bertz CT molecular complexity index is 573. The van der Waals surface area contributed by atoms with Crippen LogP contribution >= 0.6 is 0 Å². The number of aliphatic imine (C=N–C) groups is 1. The molecule has 1 aromatic rings. The first-order valence-corrected chi connectivity index (χ1v) is 8.48. The number of rotatable bonds is 6. The van der Waals surface area contributed by atoms with Crippen LogP contribution in [0.4, 0.5) is 5.69 Å². The lowest BCUT2D eigenvalue weighted by Gasteiger charge is -2.20. The van der Waals surface area contributed by atoms with Crippen LogP contribution < -0.4 is 20.5 Å². The number of nitrogens with one attached hydrogen (secondary N) is 1. The predicted octanol–water partition coefficient (Wildman–Crippen LogP) is 3.26. The number of anilines is 1. The molecule has 2 saturated carbocycles. The fourth-order valence-electron chi connectivity index (χ4n) is 4.18. The number of nitrogens with zero attached hydrogens (tertiary/aromatic N) is 1. The summed E-state index contributed by atoms with van der Waals surface area (Å²) in [4.78, 5) is 4.48. The maximum Gasteiger partial charge on any atom is 0.193 e. The minimum absolute atomic E-state index is 0.459. The average molecular weight is 317 g/mol. The first-order valence-electron chi connectivity index (χ1n) is 8.48. The Morgan fingerprint density at radius 3 is 2.70 bits per heavy atom. The molecule has 0 heterocycles. The first kappa shape index (κ1) is 16.0. The van der Waals surface area contributed by atoms with Crippen molar-refractivity contribution in [2.75, 3.05) is 26.1 Å². The third kappa shape index (κ3) is 3.71. The molecule has 3 N–H and O–H groups in total. The standard InChI is InChI=1S/C18H27N3O2/c1-22-16-6-5-15(11-17(16)23-2)21-18(19)20-8-7-14-10-12-3-4-13(14)9-12/h5-6,11-14H,3-4,7-10H2,1-2H3,(H3,19,20,21). The van der Waals surface area contributed by atoms with Crippen LogP contribution in [0, 0.1) is 17.8 Å². The van der Waals surface area contributed by atoms with Crippen LogP contribution in [0.5, 0.6) is 11.5 Å². The van der Waals surface area contributed by atoms with E-state index in [-0.39, 0.29) is 0 Å². The molecule has 5 nitrogen and oxygen atoms in total. The van der Waals surface area contributed by atoms with Gasteiger partial charge >= 0.3 is 0 Å². The molecule has 2 fully saturated rings. The van der Waals surface area contributed by atoms with Gasteiger partial charge < -0.3 is 20.5 Å². The van der Waals surface area contributed by atoms with Crippen molar-refractivity contribution in [3.63, 3.8) is 0 Å². The quantitative estimate of drug-likeness (QED) is 0.624. The van der Waals surface area contributed by atoms with E-state index in [4.69, 9.17) is 15.2 Å². The van der Waals surface area contributed by atoms with Gasteiger partial charge in [-0.3, -0.25) is 4.99 Å². The maximum atomic E-state index is 6.00. The van der Waals surface area contributed by atoms with Crippen LogP contribution in [-0.4, -0.2) is 26.7 Å². The zero-order valence-electron chi connectivity index (χ0n) is 14.0. The van der Waals surface area contributed by atoms with Gasteiger partial charge in [0.05, 0.1) is 14.2 Å². The number of hydrogen-bond donors (Lipinski definition) is 2. The zero-order chi connectivity index (χ0) is 16.2. The molecule has 126 valence electrons. The monoisotopic (exact) mass is 317 g/mol. The van der Waals surface area contributed by atoms with E-state index in [1.54, 1.807) is 14.2 Å². The third-order valence-corrected chi connectivity index (χ3v) is 5.32. The van der Waals surface area contributed by atoms with Gasteiger partial charge in [-0.1, -0.05) is 6.42 Å². The number of benzene rings is 1. The Balaban J connectivity index is 1.51.